The minimum absolute atomic E-state index is 0.0745. The zero-order chi connectivity index (χ0) is 27.1. The van der Waals surface area contributed by atoms with E-state index < -0.39 is 5.60 Å². The van der Waals surface area contributed by atoms with Gasteiger partial charge < -0.3 is 38.6 Å². The van der Waals surface area contributed by atoms with Crippen LogP contribution in [-0.4, -0.2) is 72.9 Å². The largest absolute Gasteiger partial charge is 0.490 e. The number of hydrogen-bond acceptors (Lipinski definition) is 8. The number of methoxy groups -OCH3 is 2. The molecule has 3 aliphatic rings. The monoisotopic (exact) mass is 540 g/mol. The van der Waals surface area contributed by atoms with E-state index in [1.807, 2.05) is 0 Å². The molecule has 0 bridgehead atoms. The van der Waals surface area contributed by atoms with Gasteiger partial charge in [-0.3, -0.25) is 0 Å². The van der Waals surface area contributed by atoms with Crippen LogP contribution < -0.4 is 15.0 Å². The van der Waals surface area contributed by atoms with Crippen molar-refractivity contribution in [1.29, 1.82) is 0 Å². The van der Waals surface area contributed by atoms with Crippen molar-refractivity contribution in [3.63, 3.8) is 0 Å². The number of benzene rings is 2. The fourth-order valence-corrected chi connectivity index (χ4v) is 6.00. The van der Waals surface area contributed by atoms with Crippen molar-refractivity contribution >= 4 is 5.69 Å². The van der Waals surface area contributed by atoms with Gasteiger partial charge in [-0.15, -0.1) is 0 Å². The standard InChI is InChI=1S/C31H44N2O6/c1-23(18-35-3)19-36-20-24-5-7-27-26(15-24)22-39-31(27)9-10-32-17-30(31)38-21-25-6-8-29-28(16-25)33(12-14-37-29)11-4-13-34-2/h5-8,15-16,23,30,32H,4,9-14,17-22H2,1-3H3/t23-,30-,31-/m0/s1. The second-order valence-corrected chi connectivity index (χ2v) is 11.0. The Morgan fingerprint density at radius 2 is 1.95 bits per heavy atom. The molecule has 3 heterocycles. The Bertz CT molecular complexity index is 1080. The summed E-state index contributed by atoms with van der Waals surface area (Å²) in [5.74, 6) is 1.32. The minimum Gasteiger partial charge on any atom is -0.490 e. The van der Waals surface area contributed by atoms with Crippen LogP contribution >= 0.6 is 0 Å². The van der Waals surface area contributed by atoms with Gasteiger partial charge in [0.05, 0.1) is 45.3 Å². The third kappa shape index (κ3) is 6.59. The normalized spacial score (nSPS) is 22.9. The SMILES string of the molecule is COCCCN1CCOc2ccc(CO[C@H]3CNCC[C@@]34OCc3cc(COC[C@@H](C)COC)ccc34)cc21. The Kier molecular flexibility index (Phi) is 9.76. The van der Waals surface area contributed by atoms with Gasteiger partial charge in [0, 0.05) is 39.8 Å². The lowest BCUT2D eigenvalue weighted by Gasteiger charge is -2.41. The first-order valence-corrected chi connectivity index (χ1v) is 14.3. The van der Waals surface area contributed by atoms with Crippen LogP contribution in [0.4, 0.5) is 5.69 Å². The average molecular weight is 541 g/mol. The molecule has 8 heteroatoms. The Morgan fingerprint density at radius 3 is 2.82 bits per heavy atom. The van der Waals surface area contributed by atoms with Crippen LogP contribution in [0.5, 0.6) is 5.75 Å². The average Bonchev–Trinajstić information content (AvgIpc) is 3.31. The maximum absolute atomic E-state index is 6.63. The highest BCUT2D eigenvalue weighted by Gasteiger charge is 2.48. The highest BCUT2D eigenvalue weighted by atomic mass is 16.6. The summed E-state index contributed by atoms with van der Waals surface area (Å²) in [5, 5.41) is 3.52. The molecule has 5 rings (SSSR count). The van der Waals surface area contributed by atoms with Gasteiger partial charge in [-0.1, -0.05) is 31.2 Å². The van der Waals surface area contributed by atoms with Crippen molar-refractivity contribution in [2.24, 2.45) is 5.92 Å². The molecular formula is C31H44N2O6. The first-order valence-electron chi connectivity index (χ1n) is 14.3. The van der Waals surface area contributed by atoms with Crippen LogP contribution in [0, 0.1) is 5.92 Å². The number of ether oxygens (including phenoxy) is 6. The maximum atomic E-state index is 6.63. The van der Waals surface area contributed by atoms with Gasteiger partial charge in [0.1, 0.15) is 24.1 Å². The highest BCUT2D eigenvalue weighted by Crippen LogP contribution is 2.45. The highest BCUT2D eigenvalue weighted by molar-refractivity contribution is 5.61. The van der Waals surface area contributed by atoms with Crippen LogP contribution in [0.15, 0.2) is 36.4 Å². The quantitative estimate of drug-likeness (QED) is 0.382. The summed E-state index contributed by atoms with van der Waals surface area (Å²) >= 11 is 0. The number of piperidine rings is 1. The summed E-state index contributed by atoms with van der Waals surface area (Å²) in [7, 11) is 3.48. The topological polar surface area (TPSA) is 70.7 Å². The van der Waals surface area contributed by atoms with Crippen LogP contribution in [0.25, 0.3) is 0 Å². The smallest absolute Gasteiger partial charge is 0.142 e. The van der Waals surface area contributed by atoms with Crippen LogP contribution in [0.1, 0.15) is 42.0 Å². The molecule has 214 valence electrons. The Morgan fingerprint density at radius 1 is 1.08 bits per heavy atom. The van der Waals surface area contributed by atoms with Gasteiger partial charge in [0.15, 0.2) is 0 Å². The molecule has 1 spiro atoms. The van der Waals surface area contributed by atoms with Crippen LogP contribution in [0.2, 0.25) is 0 Å². The van der Waals surface area contributed by atoms with E-state index in [9.17, 15) is 0 Å². The molecule has 3 atom stereocenters. The molecule has 0 aromatic heterocycles. The van der Waals surface area contributed by atoms with Crippen molar-refractivity contribution in [2.45, 2.75) is 51.3 Å². The Balaban J connectivity index is 1.24. The van der Waals surface area contributed by atoms with Gasteiger partial charge in [-0.2, -0.15) is 0 Å². The van der Waals surface area contributed by atoms with Crippen molar-refractivity contribution in [2.75, 3.05) is 71.7 Å². The third-order valence-corrected chi connectivity index (χ3v) is 7.97. The maximum Gasteiger partial charge on any atom is 0.142 e. The number of fused-ring (bicyclic) bond motifs is 3. The van der Waals surface area contributed by atoms with Crippen molar-refractivity contribution < 1.29 is 28.4 Å². The minimum atomic E-state index is -0.420. The molecule has 1 saturated heterocycles. The first kappa shape index (κ1) is 28.3. The van der Waals surface area contributed by atoms with Gasteiger partial charge in [-0.05, 0) is 53.8 Å². The van der Waals surface area contributed by atoms with Crippen LogP contribution in [-0.2, 0) is 49.1 Å². The summed E-state index contributed by atoms with van der Waals surface area (Å²) in [5.41, 5.74) is 5.55. The van der Waals surface area contributed by atoms with E-state index in [1.165, 1.54) is 16.7 Å². The Hall–Kier alpha value is -2.20. The third-order valence-electron chi connectivity index (χ3n) is 7.97. The van der Waals surface area contributed by atoms with E-state index in [0.717, 1.165) is 62.6 Å². The fraction of sp³-hybridized carbons (Fsp3) is 0.613. The molecule has 8 nitrogen and oxygen atoms in total. The molecule has 2 aromatic carbocycles. The predicted molar refractivity (Wildman–Crippen MR) is 150 cm³/mol. The van der Waals surface area contributed by atoms with E-state index >= 15 is 0 Å². The van der Waals surface area contributed by atoms with Gasteiger partial charge in [0.2, 0.25) is 0 Å². The number of nitrogens with zero attached hydrogens (tertiary/aromatic N) is 1. The molecule has 39 heavy (non-hydrogen) atoms. The van der Waals surface area contributed by atoms with Gasteiger partial charge >= 0.3 is 0 Å². The van der Waals surface area contributed by atoms with Crippen molar-refractivity contribution in [1.82, 2.24) is 5.32 Å². The molecule has 0 radical (unpaired) electrons. The molecule has 1 N–H and O–H groups in total. The summed E-state index contributed by atoms with van der Waals surface area (Å²) in [6.45, 7) is 10.3. The molecule has 0 unspecified atom stereocenters. The molecule has 1 fully saturated rings. The molecule has 0 aliphatic carbocycles. The van der Waals surface area contributed by atoms with E-state index in [4.69, 9.17) is 28.4 Å². The number of nitrogens with one attached hydrogen (secondary N) is 1. The van der Waals surface area contributed by atoms with Gasteiger partial charge in [-0.25, -0.2) is 0 Å². The molecule has 0 saturated carbocycles. The molecule has 3 aliphatic heterocycles. The second kappa shape index (κ2) is 13.4. The lowest BCUT2D eigenvalue weighted by Crippen LogP contribution is -2.53. The van der Waals surface area contributed by atoms with E-state index in [-0.39, 0.29) is 6.10 Å². The zero-order valence-electron chi connectivity index (χ0n) is 23.7. The number of anilines is 1. The summed E-state index contributed by atoms with van der Waals surface area (Å²) in [6.07, 6.45) is 1.81. The summed E-state index contributed by atoms with van der Waals surface area (Å²) in [6, 6.07) is 13.1. The number of rotatable bonds is 13. The molecule has 2 aromatic rings. The Labute approximate surface area is 232 Å². The van der Waals surface area contributed by atoms with E-state index in [0.29, 0.717) is 45.6 Å². The van der Waals surface area contributed by atoms with E-state index in [1.54, 1.807) is 14.2 Å². The fourth-order valence-electron chi connectivity index (χ4n) is 6.00. The lowest BCUT2D eigenvalue weighted by atomic mass is 9.81. The van der Waals surface area contributed by atoms with Crippen molar-refractivity contribution in [3.8, 4) is 5.75 Å². The van der Waals surface area contributed by atoms with E-state index in [2.05, 4.69) is 53.5 Å². The number of hydrogen-bond donors (Lipinski definition) is 1. The van der Waals surface area contributed by atoms with Crippen molar-refractivity contribution in [3.05, 3.63) is 58.7 Å². The lowest BCUT2D eigenvalue weighted by molar-refractivity contribution is -0.162. The summed E-state index contributed by atoms with van der Waals surface area (Å²) in [4.78, 5) is 2.39. The van der Waals surface area contributed by atoms with Gasteiger partial charge in [0.25, 0.3) is 0 Å². The first-order chi connectivity index (χ1) is 19.1. The predicted octanol–water partition coefficient (Wildman–Crippen LogP) is 4.03. The molecular weight excluding hydrogens is 496 g/mol. The molecule has 0 amide bonds. The second-order valence-electron chi connectivity index (χ2n) is 11.0. The van der Waals surface area contributed by atoms with Crippen LogP contribution in [0.3, 0.4) is 0 Å². The summed E-state index contributed by atoms with van der Waals surface area (Å²) < 4.78 is 35.5. The zero-order valence-corrected chi connectivity index (χ0v) is 23.7.